The molecule has 0 aliphatic carbocycles. The van der Waals surface area contributed by atoms with E-state index >= 15 is 0 Å². The Labute approximate surface area is 131 Å². The van der Waals surface area contributed by atoms with Gasteiger partial charge >= 0.3 is 6.92 Å². The molecule has 0 bridgehead atoms. The third kappa shape index (κ3) is 2.49. The van der Waals surface area contributed by atoms with Gasteiger partial charge in [0.05, 0.1) is 13.2 Å². The minimum absolute atomic E-state index is 0.158. The molecule has 0 radical (unpaired) electrons. The van der Waals surface area contributed by atoms with Crippen molar-refractivity contribution >= 4 is 18.1 Å². The maximum absolute atomic E-state index is 7.17. The Bertz CT molecular complexity index is 793. The molecule has 4 heteroatoms. The van der Waals surface area contributed by atoms with Crippen LogP contribution in [-0.4, -0.2) is 6.92 Å². The minimum atomic E-state index is 0.158. The quantitative estimate of drug-likeness (QED) is 0.607. The van der Waals surface area contributed by atoms with Crippen LogP contribution in [0.5, 0.6) is 11.5 Å². The zero-order chi connectivity index (χ0) is 15.9. The van der Waals surface area contributed by atoms with Gasteiger partial charge < -0.3 is 9.39 Å². The van der Waals surface area contributed by atoms with Gasteiger partial charge in [-0.25, -0.2) is 4.85 Å². The Morgan fingerprint density at radius 3 is 2.59 bits per heavy atom. The molecule has 0 aromatic heterocycles. The lowest BCUT2D eigenvalue weighted by Gasteiger charge is -2.13. The van der Waals surface area contributed by atoms with E-state index in [0.717, 1.165) is 22.6 Å². The van der Waals surface area contributed by atoms with E-state index in [4.69, 9.17) is 16.0 Å². The molecule has 2 aromatic carbocycles. The fourth-order valence-corrected chi connectivity index (χ4v) is 3.03. The summed E-state index contributed by atoms with van der Waals surface area (Å²) >= 11 is 0. The van der Waals surface area contributed by atoms with Crippen LogP contribution in [0.2, 0.25) is 6.82 Å². The second-order valence-electron chi connectivity index (χ2n) is 5.88. The molecule has 0 amide bonds. The zero-order valence-electron chi connectivity index (χ0n) is 13.4. The standard InChI is InChI=1S/C18H18BNO2/c1-11-8-17(12(2)7-16(11)20-5)22-15-6-13(3)18-14(9-15)10-21-19(18)4/h6-9H,10H2,1-4H3. The van der Waals surface area contributed by atoms with Gasteiger partial charge in [-0.15, -0.1) is 0 Å². The highest BCUT2D eigenvalue weighted by Gasteiger charge is 2.26. The van der Waals surface area contributed by atoms with Crippen LogP contribution in [0.3, 0.4) is 0 Å². The molecule has 3 nitrogen and oxygen atoms in total. The first kappa shape index (κ1) is 14.7. The van der Waals surface area contributed by atoms with Crippen LogP contribution in [0.15, 0.2) is 24.3 Å². The normalized spacial score (nSPS) is 13.0. The predicted octanol–water partition coefficient (Wildman–Crippen LogP) is 4.31. The highest BCUT2D eigenvalue weighted by molar-refractivity contribution is 6.68. The molecule has 0 saturated carbocycles. The number of aryl methyl sites for hydroxylation is 3. The topological polar surface area (TPSA) is 22.8 Å². The van der Waals surface area contributed by atoms with E-state index in [1.165, 1.54) is 16.6 Å². The summed E-state index contributed by atoms with van der Waals surface area (Å²) in [7, 11) is 0. The number of rotatable bonds is 2. The molecule has 22 heavy (non-hydrogen) atoms. The van der Waals surface area contributed by atoms with Crippen molar-refractivity contribution in [2.24, 2.45) is 0 Å². The van der Waals surface area contributed by atoms with Crippen LogP contribution in [0.1, 0.15) is 22.3 Å². The van der Waals surface area contributed by atoms with Gasteiger partial charge in [-0.1, -0.05) is 6.82 Å². The molecule has 3 rings (SSSR count). The second-order valence-corrected chi connectivity index (χ2v) is 5.88. The Kier molecular flexibility index (Phi) is 3.68. The van der Waals surface area contributed by atoms with Gasteiger partial charge in [-0.05, 0) is 72.8 Å². The molecule has 2 aromatic rings. The highest BCUT2D eigenvalue weighted by atomic mass is 16.5. The first-order valence-corrected chi connectivity index (χ1v) is 7.41. The molecule has 1 heterocycles. The van der Waals surface area contributed by atoms with Crippen molar-refractivity contribution in [3.8, 4) is 11.5 Å². The average Bonchev–Trinajstić information content (AvgIpc) is 2.84. The zero-order valence-corrected chi connectivity index (χ0v) is 13.4. The van der Waals surface area contributed by atoms with Crippen molar-refractivity contribution in [3.63, 3.8) is 0 Å². The number of fused-ring (bicyclic) bond motifs is 1. The van der Waals surface area contributed by atoms with Crippen LogP contribution in [-0.2, 0) is 11.3 Å². The van der Waals surface area contributed by atoms with Gasteiger partial charge in [-0.2, -0.15) is 0 Å². The summed E-state index contributed by atoms with van der Waals surface area (Å²) in [6.45, 7) is 16.0. The van der Waals surface area contributed by atoms with Crippen molar-refractivity contribution in [3.05, 3.63) is 57.9 Å². The number of hydrogen-bond donors (Lipinski definition) is 0. The Morgan fingerprint density at radius 1 is 1.09 bits per heavy atom. The highest BCUT2D eigenvalue weighted by Crippen LogP contribution is 2.32. The van der Waals surface area contributed by atoms with Crippen molar-refractivity contribution < 1.29 is 9.39 Å². The molecular formula is C18H18BNO2. The van der Waals surface area contributed by atoms with Gasteiger partial charge in [-0.3, -0.25) is 0 Å². The monoisotopic (exact) mass is 291 g/mol. The SMILES string of the molecule is [C-]#[N+]c1cc(C)c(Oc2cc(C)c3c(c2)COB3C)cc1C. The van der Waals surface area contributed by atoms with E-state index in [1.54, 1.807) is 0 Å². The molecule has 1 aliphatic rings. The van der Waals surface area contributed by atoms with Crippen LogP contribution >= 0.6 is 0 Å². The third-order valence-corrected chi connectivity index (χ3v) is 4.18. The molecule has 0 unspecified atom stereocenters. The largest absolute Gasteiger partial charge is 0.457 e. The number of hydrogen-bond acceptors (Lipinski definition) is 2. The lowest BCUT2D eigenvalue weighted by atomic mass is 9.62. The van der Waals surface area contributed by atoms with Gasteiger partial charge in [0.2, 0.25) is 0 Å². The fourth-order valence-electron chi connectivity index (χ4n) is 3.03. The summed E-state index contributed by atoms with van der Waals surface area (Å²) in [5.41, 5.74) is 6.27. The van der Waals surface area contributed by atoms with Gasteiger partial charge in [0.1, 0.15) is 11.5 Å². The Hall–Kier alpha value is -2.25. The summed E-state index contributed by atoms with van der Waals surface area (Å²) in [6, 6.07) is 7.93. The molecule has 0 fully saturated rings. The van der Waals surface area contributed by atoms with E-state index in [9.17, 15) is 0 Å². The lowest BCUT2D eigenvalue weighted by molar-refractivity contribution is 0.333. The van der Waals surface area contributed by atoms with E-state index in [2.05, 4.69) is 30.7 Å². The van der Waals surface area contributed by atoms with E-state index in [-0.39, 0.29) is 6.92 Å². The third-order valence-electron chi connectivity index (χ3n) is 4.18. The van der Waals surface area contributed by atoms with E-state index in [1.807, 2.05) is 26.0 Å². The molecular weight excluding hydrogens is 273 g/mol. The summed E-state index contributed by atoms with van der Waals surface area (Å²) < 4.78 is 11.8. The van der Waals surface area contributed by atoms with E-state index in [0.29, 0.717) is 12.3 Å². The summed E-state index contributed by atoms with van der Waals surface area (Å²) in [5, 5.41) is 0. The predicted molar refractivity (Wildman–Crippen MR) is 89.5 cm³/mol. The molecule has 0 N–H and O–H groups in total. The van der Waals surface area contributed by atoms with Crippen LogP contribution in [0.25, 0.3) is 4.85 Å². The van der Waals surface area contributed by atoms with Gasteiger partial charge in [0.15, 0.2) is 5.69 Å². The first-order chi connectivity index (χ1) is 10.5. The molecule has 110 valence electrons. The lowest BCUT2D eigenvalue weighted by Crippen LogP contribution is -2.26. The Balaban J connectivity index is 1.97. The van der Waals surface area contributed by atoms with Crippen LogP contribution < -0.4 is 10.2 Å². The average molecular weight is 291 g/mol. The minimum Gasteiger partial charge on any atom is -0.457 e. The van der Waals surface area contributed by atoms with Crippen LogP contribution in [0, 0.1) is 27.3 Å². The maximum Gasteiger partial charge on any atom is 0.324 e. The van der Waals surface area contributed by atoms with Crippen LogP contribution in [0.4, 0.5) is 5.69 Å². The molecule has 0 saturated heterocycles. The number of benzene rings is 2. The van der Waals surface area contributed by atoms with Gasteiger partial charge in [0.25, 0.3) is 0 Å². The van der Waals surface area contributed by atoms with E-state index < -0.39 is 0 Å². The maximum atomic E-state index is 7.17. The Morgan fingerprint density at radius 2 is 1.86 bits per heavy atom. The smallest absolute Gasteiger partial charge is 0.324 e. The van der Waals surface area contributed by atoms with Crippen molar-refractivity contribution in [2.75, 3.05) is 0 Å². The van der Waals surface area contributed by atoms with Crippen molar-refractivity contribution in [1.82, 2.24) is 0 Å². The molecule has 1 aliphatic heterocycles. The summed E-state index contributed by atoms with van der Waals surface area (Å²) in [5.74, 6) is 1.63. The van der Waals surface area contributed by atoms with Crippen molar-refractivity contribution in [1.29, 1.82) is 0 Å². The fraction of sp³-hybridized carbons (Fsp3) is 0.278. The van der Waals surface area contributed by atoms with Crippen molar-refractivity contribution in [2.45, 2.75) is 34.2 Å². The number of ether oxygens (including phenoxy) is 1. The molecule has 0 atom stereocenters. The molecule has 0 spiro atoms. The summed E-state index contributed by atoms with van der Waals surface area (Å²) in [4.78, 5) is 3.53. The number of nitrogens with zero attached hydrogens (tertiary/aromatic N) is 1. The first-order valence-electron chi connectivity index (χ1n) is 7.41. The van der Waals surface area contributed by atoms with Gasteiger partial charge in [0, 0.05) is 0 Å². The summed E-state index contributed by atoms with van der Waals surface area (Å²) in [6.07, 6.45) is 0. The second kappa shape index (κ2) is 5.51.